The lowest BCUT2D eigenvalue weighted by molar-refractivity contribution is 0.202. The molecular weight excluding hydrogens is 254 g/mol. The highest BCUT2D eigenvalue weighted by atomic mass is 14.9. The van der Waals surface area contributed by atoms with E-state index in [1.807, 2.05) is 0 Å². The Morgan fingerprint density at radius 3 is 2.19 bits per heavy atom. The highest BCUT2D eigenvalue weighted by Gasteiger charge is 2.35. The van der Waals surface area contributed by atoms with E-state index in [2.05, 4.69) is 46.2 Å². The largest absolute Gasteiger partial charge is 0.382 e. The number of rotatable bonds is 6. The van der Waals surface area contributed by atoms with Gasteiger partial charge in [0.05, 0.1) is 0 Å². The van der Waals surface area contributed by atoms with Crippen molar-refractivity contribution in [2.24, 2.45) is 17.8 Å². The van der Waals surface area contributed by atoms with Gasteiger partial charge in [0.1, 0.15) is 0 Å². The van der Waals surface area contributed by atoms with Gasteiger partial charge in [-0.2, -0.15) is 0 Å². The monoisotopic (exact) mass is 287 g/mol. The van der Waals surface area contributed by atoms with Crippen molar-refractivity contribution in [3.05, 3.63) is 35.6 Å². The lowest BCUT2D eigenvalue weighted by atomic mass is 9.75. The molecule has 2 fully saturated rings. The zero-order chi connectivity index (χ0) is 15.6. The molecule has 1 N–H and O–H groups in total. The second-order valence-electron chi connectivity index (χ2n) is 7.54. The highest BCUT2D eigenvalue weighted by molar-refractivity contribution is 5.43. The van der Waals surface area contributed by atoms with Gasteiger partial charge in [0.2, 0.25) is 0 Å². The lowest BCUT2D eigenvalue weighted by Gasteiger charge is -2.32. The molecule has 1 heteroatoms. The molecule has 2 saturated carbocycles. The van der Waals surface area contributed by atoms with Crippen molar-refractivity contribution in [1.82, 2.24) is 5.32 Å². The van der Waals surface area contributed by atoms with Crippen LogP contribution >= 0.6 is 0 Å². The maximum absolute atomic E-state index is 4.21. The van der Waals surface area contributed by atoms with Crippen molar-refractivity contribution < 1.29 is 0 Å². The van der Waals surface area contributed by atoms with Gasteiger partial charge in [-0.25, -0.2) is 0 Å². The average Bonchev–Trinajstić information content (AvgIpc) is 2.83. The van der Waals surface area contributed by atoms with Crippen molar-refractivity contribution in [2.75, 3.05) is 0 Å². The second-order valence-corrected chi connectivity index (χ2v) is 7.54. The van der Waals surface area contributed by atoms with Crippen molar-refractivity contribution in [3.8, 4) is 0 Å². The number of hydrogen-bond donors (Lipinski definition) is 1. The summed E-state index contributed by atoms with van der Waals surface area (Å²) >= 11 is 0. The summed E-state index contributed by atoms with van der Waals surface area (Å²) in [5.74, 6) is 2.87. The van der Waals surface area contributed by atoms with Crippen LogP contribution in [0.25, 0.3) is 0 Å². The first-order valence-electron chi connectivity index (χ1n) is 8.69. The van der Waals surface area contributed by atoms with E-state index in [4.69, 9.17) is 0 Å². The van der Waals surface area contributed by atoms with Crippen LogP contribution in [0.4, 0.5) is 0 Å². The summed E-state index contributed by atoms with van der Waals surface area (Å²) < 4.78 is 0. The SMILES string of the molecule is C=C(NC(C)C1CCC(C2CCC2)C1)C(=C)C(C)=C(C)C. The van der Waals surface area contributed by atoms with E-state index in [9.17, 15) is 0 Å². The van der Waals surface area contributed by atoms with E-state index in [-0.39, 0.29) is 0 Å². The fourth-order valence-corrected chi connectivity index (χ4v) is 3.85. The molecule has 118 valence electrons. The van der Waals surface area contributed by atoms with Gasteiger partial charge in [0.25, 0.3) is 0 Å². The maximum atomic E-state index is 4.21. The van der Waals surface area contributed by atoms with Gasteiger partial charge >= 0.3 is 0 Å². The minimum Gasteiger partial charge on any atom is -0.382 e. The molecule has 0 spiro atoms. The summed E-state index contributed by atoms with van der Waals surface area (Å²) in [6.45, 7) is 17.1. The highest BCUT2D eigenvalue weighted by Crippen LogP contribution is 2.45. The number of allylic oxidation sites excluding steroid dienone is 2. The van der Waals surface area contributed by atoms with Gasteiger partial charge in [0, 0.05) is 11.7 Å². The summed E-state index contributed by atoms with van der Waals surface area (Å²) in [5.41, 5.74) is 4.66. The molecule has 2 aliphatic rings. The maximum Gasteiger partial charge on any atom is 0.0339 e. The van der Waals surface area contributed by atoms with Crippen molar-refractivity contribution in [3.63, 3.8) is 0 Å². The third kappa shape index (κ3) is 3.81. The van der Waals surface area contributed by atoms with Crippen LogP contribution in [-0.2, 0) is 0 Å². The summed E-state index contributed by atoms with van der Waals surface area (Å²) in [5, 5.41) is 3.62. The summed E-state index contributed by atoms with van der Waals surface area (Å²) in [4.78, 5) is 0. The summed E-state index contributed by atoms with van der Waals surface area (Å²) in [6, 6.07) is 0.518. The molecule has 0 bridgehead atoms. The third-order valence-electron chi connectivity index (χ3n) is 6.01. The van der Waals surface area contributed by atoms with Crippen molar-refractivity contribution >= 4 is 0 Å². The van der Waals surface area contributed by atoms with Gasteiger partial charge in [-0.3, -0.25) is 0 Å². The minimum atomic E-state index is 0.518. The predicted octanol–water partition coefficient (Wildman–Crippen LogP) is 5.61. The third-order valence-corrected chi connectivity index (χ3v) is 6.01. The van der Waals surface area contributed by atoms with E-state index in [1.165, 1.54) is 49.7 Å². The minimum absolute atomic E-state index is 0.518. The van der Waals surface area contributed by atoms with Crippen LogP contribution in [0, 0.1) is 17.8 Å². The van der Waals surface area contributed by atoms with Crippen LogP contribution in [-0.4, -0.2) is 6.04 Å². The number of hydrogen-bond acceptors (Lipinski definition) is 1. The Morgan fingerprint density at radius 1 is 1.00 bits per heavy atom. The Morgan fingerprint density at radius 2 is 1.67 bits per heavy atom. The average molecular weight is 287 g/mol. The van der Waals surface area contributed by atoms with Crippen LogP contribution in [0.5, 0.6) is 0 Å². The number of nitrogens with one attached hydrogen (secondary N) is 1. The van der Waals surface area contributed by atoms with E-state index >= 15 is 0 Å². The molecule has 2 rings (SSSR count). The molecular formula is C20H33N. The first-order chi connectivity index (χ1) is 9.90. The molecule has 0 radical (unpaired) electrons. The molecule has 0 aromatic heterocycles. The second kappa shape index (κ2) is 6.85. The van der Waals surface area contributed by atoms with Crippen molar-refractivity contribution in [1.29, 1.82) is 0 Å². The standard InChI is InChI=1S/C20H33N/c1-13(2)14(3)15(4)16(5)21-17(6)19-10-11-20(12-19)18-8-7-9-18/h17-21H,4-5,7-12H2,1-3,6H3. The lowest BCUT2D eigenvalue weighted by Crippen LogP contribution is -2.32. The van der Waals surface area contributed by atoms with E-state index < -0.39 is 0 Å². The molecule has 21 heavy (non-hydrogen) atoms. The van der Waals surface area contributed by atoms with Crippen molar-refractivity contribution in [2.45, 2.75) is 72.3 Å². The zero-order valence-electron chi connectivity index (χ0n) is 14.5. The van der Waals surface area contributed by atoms with E-state index in [1.54, 1.807) is 0 Å². The van der Waals surface area contributed by atoms with Gasteiger partial charge in [0.15, 0.2) is 0 Å². The Balaban J connectivity index is 1.84. The molecule has 0 amide bonds. The van der Waals surface area contributed by atoms with Crippen LogP contribution in [0.15, 0.2) is 35.6 Å². The summed E-state index contributed by atoms with van der Waals surface area (Å²) in [7, 11) is 0. The molecule has 0 heterocycles. The smallest absolute Gasteiger partial charge is 0.0339 e. The van der Waals surface area contributed by atoms with Crippen LogP contribution in [0.2, 0.25) is 0 Å². The van der Waals surface area contributed by atoms with E-state index in [0.29, 0.717) is 6.04 Å². The van der Waals surface area contributed by atoms with Gasteiger partial charge in [-0.15, -0.1) is 0 Å². The van der Waals surface area contributed by atoms with Crippen LogP contribution < -0.4 is 5.32 Å². The van der Waals surface area contributed by atoms with Gasteiger partial charge in [-0.05, 0) is 75.9 Å². The quantitative estimate of drug-likeness (QED) is 0.626. The fraction of sp³-hybridized carbons (Fsp3) is 0.700. The molecule has 3 unspecified atom stereocenters. The molecule has 0 aromatic rings. The summed E-state index contributed by atoms with van der Waals surface area (Å²) in [6.07, 6.45) is 8.70. The molecule has 1 nitrogen and oxygen atoms in total. The van der Waals surface area contributed by atoms with Crippen LogP contribution in [0.1, 0.15) is 66.2 Å². The van der Waals surface area contributed by atoms with Crippen LogP contribution in [0.3, 0.4) is 0 Å². The predicted molar refractivity (Wildman–Crippen MR) is 93.1 cm³/mol. The Labute approximate surface area is 131 Å². The molecule has 0 saturated heterocycles. The topological polar surface area (TPSA) is 12.0 Å². The Bertz CT molecular complexity index is 435. The first kappa shape index (κ1) is 16.4. The fourth-order valence-electron chi connectivity index (χ4n) is 3.85. The molecule has 2 aliphatic carbocycles. The Kier molecular flexibility index (Phi) is 5.35. The van der Waals surface area contributed by atoms with E-state index in [0.717, 1.165) is 29.0 Å². The first-order valence-corrected chi connectivity index (χ1v) is 8.69. The normalized spacial score (nSPS) is 26.9. The molecule has 0 aromatic carbocycles. The zero-order valence-corrected chi connectivity index (χ0v) is 14.5. The Hall–Kier alpha value is -0.980. The van der Waals surface area contributed by atoms with Gasteiger partial charge in [-0.1, -0.05) is 38.0 Å². The molecule has 0 aliphatic heterocycles. The molecule has 3 atom stereocenters. The van der Waals surface area contributed by atoms with Gasteiger partial charge < -0.3 is 5.32 Å².